The van der Waals surface area contributed by atoms with Crippen molar-refractivity contribution in [3.63, 3.8) is 0 Å². The van der Waals surface area contributed by atoms with Gasteiger partial charge in [-0.25, -0.2) is 8.42 Å². The van der Waals surface area contributed by atoms with E-state index in [0.717, 1.165) is 10.6 Å². The summed E-state index contributed by atoms with van der Waals surface area (Å²) in [5.41, 5.74) is 5.11. The van der Waals surface area contributed by atoms with E-state index in [1.807, 2.05) is 20.8 Å². The largest absolute Gasteiger partial charge is 0.348 e. The molecule has 0 aliphatic heterocycles. The van der Waals surface area contributed by atoms with E-state index in [2.05, 4.69) is 5.32 Å². The van der Waals surface area contributed by atoms with Crippen molar-refractivity contribution in [3.8, 4) is 0 Å². The molecule has 0 aromatic heterocycles. The van der Waals surface area contributed by atoms with Crippen molar-refractivity contribution < 1.29 is 13.2 Å². The lowest BCUT2D eigenvalue weighted by molar-refractivity contribution is -0.123. The molecule has 110 valence electrons. The van der Waals surface area contributed by atoms with Gasteiger partial charge in [0, 0.05) is 13.6 Å². The van der Waals surface area contributed by atoms with Crippen molar-refractivity contribution in [3.05, 3.63) is 0 Å². The SMILES string of the molecule is CC(C)C(C)(CN)NC(=O)CN(C)S(C)(=O)=O.Cl. The zero-order chi connectivity index (χ0) is 13.9. The van der Waals surface area contributed by atoms with E-state index in [1.54, 1.807) is 0 Å². The lowest BCUT2D eigenvalue weighted by atomic mass is 9.88. The van der Waals surface area contributed by atoms with Crippen molar-refractivity contribution in [1.29, 1.82) is 0 Å². The molecule has 1 atom stereocenters. The molecule has 1 unspecified atom stereocenters. The molecule has 0 saturated carbocycles. The van der Waals surface area contributed by atoms with Crippen LogP contribution in [-0.4, -0.2) is 50.6 Å². The summed E-state index contributed by atoms with van der Waals surface area (Å²) < 4.78 is 23.3. The first-order valence-corrected chi connectivity index (χ1v) is 7.30. The van der Waals surface area contributed by atoms with E-state index >= 15 is 0 Å². The average Bonchev–Trinajstić information content (AvgIpc) is 2.15. The number of carbonyl (C=O) groups is 1. The molecule has 0 radical (unpaired) electrons. The maximum absolute atomic E-state index is 11.7. The molecule has 0 rings (SSSR count). The highest BCUT2D eigenvalue weighted by atomic mass is 35.5. The van der Waals surface area contributed by atoms with Gasteiger partial charge in [0.1, 0.15) is 0 Å². The fourth-order valence-corrected chi connectivity index (χ4v) is 1.46. The number of likely N-dealkylation sites (N-methyl/N-ethyl adjacent to an activating group) is 1. The molecule has 0 heterocycles. The van der Waals surface area contributed by atoms with Gasteiger partial charge in [-0.15, -0.1) is 12.4 Å². The number of hydrogen-bond acceptors (Lipinski definition) is 4. The fraction of sp³-hybridized carbons (Fsp3) is 0.900. The van der Waals surface area contributed by atoms with Crippen molar-refractivity contribution in [2.24, 2.45) is 11.7 Å². The highest BCUT2D eigenvalue weighted by molar-refractivity contribution is 7.88. The second kappa shape index (κ2) is 7.28. The minimum absolute atomic E-state index is 0. The predicted molar refractivity (Wildman–Crippen MR) is 75.2 cm³/mol. The fourth-order valence-electron chi connectivity index (χ4n) is 1.11. The number of carbonyl (C=O) groups excluding carboxylic acids is 1. The maximum Gasteiger partial charge on any atom is 0.235 e. The normalized spacial score (nSPS) is 15.1. The van der Waals surface area contributed by atoms with Crippen LogP contribution in [0.2, 0.25) is 0 Å². The third-order valence-corrected chi connectivity index (χ3v) is 4.32. The van der Waals surface area contributed by atoms with Gasteiger partial charge >= 0.3 is 0 Å². The highest BCUT2D eigenvalue weighted by Gasteiger charge is 2.29. The Kier molecular flexibility index (Phi) is 8.07. The second-order valence-corrected chi connectivity index (χ2v) is 6.93. The number of sulfonamides is 1. The molecule has 3 N–H and O–H groups in total. The minimum Gasteiger partial charge on any atom is -0.348 e. The Labute approximate surface area is 116 Å². The zero-order valence-corrected chi connectivity index (χ0v) is 13.2. The summed E-state index contributed by atoms with van der Waals surface area (Å²) in [5, 5.41) is 2.78. The lowest BCUT2D eigenvalue weighted by Gasteiger charge is -2.34. The molecule has 0 aliphatic rings. The van der Waals surface area contributed by atoms with Crippen LogP contribution in [-0.2, 0) is 14.8 Å². The Morgan fingerprint density at radius 2 is 1.89 bits per heavy atom. The van der Waals surface area contributed by atoms with Crippen LogP contribution in [0.15, 0.2) is 0 Å². The van der Waals surface area contributed by atoms with Crippen LogP contribution in [0.3, 0.4) is 0 Å². The van der Waals surface area contributed by atoms with Gasteiger partial charge in [-0.05, 0) is 12.8 Å². The maximum atomic E-state index is 11.7. The molecule has 0 spiro atoms. The minimum atomic E-state index is -3.34. The van der Waals surface area contributed by atoms with E-state index in [1.165, 1.54) is 7.05 Å². The van der Waals surface area contributed by atoms with E-state index < -0.39 is 15.6 Å². The monoisotopic (exact) mass is 301 g/mol. The average molecular weight is 302 g/mol. The van der Waals surface area contributed by atoms with Crippen LogP contribution in [0.25, 0.3) is 0 Å². The summed E-state index contributed by atoms with van der Waals surface area (Å²) in [6.07, 6.45) is 1.06. The number of rotatable bonds is 6. The standard InChI is InChI=1S/C10H23N3O3S.ClH/c1-8(2)10(3,7-11)12-9(14)6-13(4)17(5,15)16;/h8H,6-7,11H2,1-5H3,(H,12,14);1H. The third-order valence-electron chi connectivity index (χ3n) is 3.06. The van der Waals surface area contributed by atoms with E-state index in [-0.39, 0.29) is 30.8 Å². The smallest absolute Gasteiger partial charge is 0.235 e. The van der Waals surface area contributed by atoms with Gasteiger partial charge in [0.05, 0.1) is 18.3 Å². The third kappa shape index (κ3) is 5.99. The van der Waals surface area contributed by atoms with Gasteiger partial charge in [-0.2, -0.15) is 4.31 Å². The summed E-state index contributed by atoms with van der Waals surface area (Å²) in [6.45, 7) is 5.86. The number of halogens is 1. The topological polar surface area (TPSA) is 92.5 Å². The Morgan fingerprint density at radius 1 is 1.44 bits per heavy atom. The zero-order valence-electron chi connectivity index (χ0n) is 11.6. The van der Waals surface area contributed by atoms with E-state index in [0.29, 0.717) is 6.54 Å². The highest BCUT2D eigenvalue weighted by Crippen LogP contribution is 2.14. The summed E-state index contributed by atoms with van der Waals surface area (Å²) >= 11 is 0. The van der Waals surface area contributed by atoms with Gasteiger partial charge in [0.25, 0.3) is 0 Å². The number of nitrogens with zero attached hydrogens (tertiary/aromatic N) is 1. The van der Waals surface area contributed by atoms with Crippen LogP contribution in [0.5, 0.6) is 0 Å². The van der Waals surface area contributed by atoms with Crippen molar-refractivity contribution in [2.75, 3.05) is 26.4 Å². The quantitative estimate of drug-likeness (QED) is 0.710. The summed E-state index contributed by atoms with van der Waals surface area (Å²) in [6, 6.07) is 0. The molecule has 6 nitrogen and oxygen atoms in total. The van der Waals surface area contributed by atoms with Crippen LogP contribution in [0.1, 0.15) is 20.8 Å². The Morgan fingerprint density at radius 3 is 2.17 bits per heavy atom. The Bertz CT molecular complexity index is 373. The van der Waals surface area contributed by atoms with Crippen molar-refractivity contribution in [1.82, 2.24) is 9.62 Å². The van der Waals surface area contributed by atoms with Gasteiger partial charge < -0.3 is 11.1 Å². The molecule has 1 amide bonds. The number of nitrogens with one attached hydrogen (secondary N) is 1. The molecular weight excluding hydrogens is 278 g/mol. The predicted octanol–water partition coefficient (Wildman–Crippen LogP) is -0.211. The Hall–Kier alpha value is -0.370. The first kappa shape index (κ1) is 20.0. The van der Waals surface area contributed by atoms with Crippen LogP contribution in [0, 0.1) is 5.92 Å². The number of nitrogens with two attached hydrogens (primary N) is 1. The van der Waals surface area contributed by atoms with Crippen LogP contribution in [0.4, 0.5) is 0 Å². The Balaban J connectivity index is 0. The molecule has 0 bridgehead atoms. The molecular formula is C10H24ClN3O3S. The molecule has 0 aromatic carbocycles. The number of hydrogen-bond donors (Lipinski definition) is 2. The summed E-state index contributed by atoms with van der Waals surface area (Å²) in [5.74, 6) is -0.181. The summed E-state index contributed by atoms with van der Waals surface area (Å²) in [7, 11) is -1.97. The van der Waals surface area contributed by atoms with Crippen molar-refractivity contribution >= 4 is 28.3 Å². The van der Waals surface area contributed by atoms with Gasteiger partial charge in [-0.3, -0.25) is 4.79 Å². The molecule has 0 fully saturated rings. The number of amides is 1. The van der Waals surface area contributed by atoms with Crippen LogP contribution >= 0.6 is 12.4 Å². The molecule has 0 aromatic rings. The van der Waals surface area contributed by atoms with Gasteiger partial charge in [-0.1, -0.05) is 13.8 Å². The molecule has 18 heavy (non-hydrogen) atoms. The first-order valence-electron chi connectivity index (χ1n) is 5.45. The lowest BCUT2D eigenvalue weighted by Crippen LogP contribution is -2.56. The van der Waals surface area contributed by atoms with Crippen molar-refractivity contribution in [2.45, 2.75) is 26.3 Å². The first-order chi connectivity index (χ1) is 7.53. The second-order valence-electron chi connectivity index (χ2n) is 4.84. The summed E-state index contributed by atoms with van der Waals surface area (Å²) in [4.78, 5) is 11.7. The molecule has 8 heteroatoms. The van der Waals surface area contributed by atoms with Gasteiger partial charge in [0.2, 0.25) is 15.9 Å². The molecule has 0 saturated heterocycles. The van der Waals surface area contributed by atoms with Gasteiger partial charge in [0.15, 0.2) is 0 Å². The van der Waals surface area contributed by atoms with E-state index in [9.17, 15) is 13.2 Å². The van der Waals surface area contributed by atoms with E-state index in [4.69, 9.17) is 5.73 Å². The van der Waals surface area contributed by atoms with Crippen LogP contribution < -0.4 is 11.1 Å². The molecule has 0 aliphatic carbocycles.